The largest absolute Gasteiger partial charge is 0.496 e. The molecule has 3 rings (SSSR count). The zero-order chi connectivity index (χ0) is 22.1. The number of methoxy groups -OCH3 is 2. The van der Waals surface area contributed by atoms with Gasteiger partial charge in [-0.2, -0.15) is 0 Å². The molecule has 0 aliphatic carbocycles. The second kappa shape index (κ2) is 13.5. The lowest BCUT2D eigenvalue weighted by Crippen LogP contribution is -2.43. The van der Waals surface area contributed by atoms with Crippen molar-refractivity contribution < 1.29 is 9.47 Å². The lowest BCUT2D eigenvalue weighted by atomic mass is 10.0. The number of likely N-dealkylation sites (tertiary alicyclic amines) is 1. The number of hydrogen-bond donors (Lipinski definition) is 2. The molecule has 2 aromatic rings. The lowest BCUT2D eigenvalue weighted by Gasteiger charge is -2.30. The third kappa shape index (κ3) is 6.75. The van der Waals surface area contributed by atoms with E-state index < -0.39 is 0 Å². The number of nitrogens with one attached hydrogen (secondary N) is 2. The van der Waals surface area contributed by atoms with Gasteiger partial charge in [0.05, 0.1) is 20.3 Å². The van der Waals surface area contributed by atoms with Crippen molar-refractivity contribution in [3.05, 3.63) is 59.7 Å². The Morgan fingerprint density at radius 3 is 2.03 bits per heavy atom. The van der Waals surface area contributed by atoms with E-state index in [9.17, 15) is 0 Å². The number of guanidine groups is 1. The van der Waals surface area contributed by atoms with Crippen molar-refractivity contribution in [1.82, 2.24) is 15.5 Å². The molecule has 0 saturated carbocycles. The average Bonchev–Trinajstić information content (AvgIpc) is 3.35. The molecule has 0 radical (unpaired) electrons. The van der Waals surface area contributed by atoms with E-state index in [0.717, 1.165) is 43.6 Å². The van der Waals surface area contributed by atoms with Gasteiger partial charge in [0.15, 0.2) is 5.96 Å². The first-order valence-electron chi connectivity index (χ1n) is 11.1. The number of nitrogens with zero attached hydrogens (tertiary/aromatic N) is 2. The van der Waals surface area contributed by atoms with Gasteiger partial charge >= 0.3 is 0 Å². The summed E-state index contributed by atoms with van der Waals surface area (Å²) in [7, 11) is 5.28. The summed E-state index contributed by atoms with van der Waals surface area (Å²) < 4.78 is 11.2. The Kier molecular flexibility index (Phi) is 11.1. The molecule has 32 heavy (non-hydrogen) atoms. The summed E-state index contributed by atoms with van der Waals surface area (Å²) in [6.45, 7) is 5.95. The zero-order valence-electron chi connectivity index (χ0n) is 19.6. The van der Waals surface area contributed by atoms with E-state index in [2.05, 4.69) is 51.7 Å². The zero-order valence-corrected chi connectivity index (χ0v) is 22.0. The van der Waals surface area contributed by atoms with E-state index in [4.69, 9.17) is 9.47 Å². The predicted molar refractivity (Wildman–Crippen MR) is 143 cm³/mol. The maximum atomic E-state index is 5.66. The molecule has 2 N–H and O–H groups in total. The van der Waals surface area contributed by atoms with Crippen LogP contribution in [0.4, 0.5) is 0 Å². The molecule has 1 aliphatic rings. The summed E-state index contributed by atoms with van der Waals surface area (Å²) in [6, 6.07) is 16.7. The molecule has 0 aromatic heterocycles. The smallest absolute Gasteiger partial charge is 0.191 e. The number of ether oxygens (including phenoxy) is 2. The maximum Gasteiger partial charge on any atom is 0.191 e. The van der Waals surface area contributed by atoms with Gasteiger partial charge in [-0.25, -0.2) is 0 Å². The van der Waals surface area contributed by atoms with Gasteiger partial charge in [0.1, 0.15) is 11.5 Å². The molecule has 6 nitrogen and oxygen atoms in total. The van der Waals surface area contributed by atoms with Crippen LogP contribution in [0.5, 0.6) is 11.5 Å². The summed E-state index contributed by atoms with van der Waals surface area (Å²) in [5.41, 5.74) is 2.41. The molecule has 7 heteroatoms. The summed E-state index contributed by atoms with van der Waals surface area (Å²) in [4.78, 5) is 6.98. The number of rotatable bonds is 9. The van der Waals surface area contributed by atoms with Crippen molar-refractivity contribution in [2.24, 2.45) is 4.99 Å². The monoisotopic (exact) mass is 552 g/mol. The molecule has 1 aliphatic heterocycles. The lowest BCUT2D eigenvalue weighted by molar-refractivity contribution is 0.239. The van der Waals surface area contributed by atoms with Crippen molar-refractivity contribution in [1.29, 1.82) is 0 Å². The number of hydrogen-bond acceptors (Lipinski definition) is 4. The van der Waals surface area contributed by atoms with Crippen molar-refractivity contribution >= 4 is 29.9 Å². The van der Waals surface area contributed by atoms with Crippen LogP contribution in [-0.4, -0.2) is 58.3 Å². The third-order valence-corrected chi connectivity index (χ3v) is 6.01. The van der Waals surface area contributed by atoms with E-state index in [0.29, 0.717) is 5.92 Å². The summed E-state index contributed by atoms with van der Waals surface area (Å²) in [5, 5.41) is 7.02. The van der Waals surface area contributed by atoms with Gasteiger partial charge in [0.2, 0.25) is 0 Å². The van der Waals surface area contributed by atoms with Gasteiger partial charge in [0.25, 0.3) is 0 Å². The first-order chi connectivity index (χ1) is 15.2. The van der Waals surface area contributed by atoms with E-state index in [1.54, 1.807) is 14.2 Å². The number of benzene rings is 2. The van der Waals surface area contributed by atoms with Gasteiger partial charge in [-0.1, -0.05) is 43.3 Å². The van der Waals surface area contributed by atoms with Crippen LogP contribution in [0.25, 0.3) is 0 Å². The van der Waals surface area contributed by atoms with Crippen LogP contribution in [-0.2, 0) is 0 Å². The Morgan fingerprint density at radius 2 is 1.44 bits per heavy atom. The molecule has 1 fully saturated rings. The molecule has 0 amide bonds. The van der Waals surface area contributed by atoms with Crippen molar-refractivity contribution in [3.63, 3.8) is 0 Å². The highest BCUT2D eigenvalue weighted by Gasteiger charge is 2.26. The van der Waals surface area contributed by atoms with Crippen LogP contribution in [0, 0.1) is 0 Å². The first-order valence-corrected chi connectivity index (χ1v) is 11.1. The highest BCUT2D eigenvalue weighted by atomic mass is 127. The topological polar surface area (TPSA) is 58.1 Å². The van der Waals surface area contributed by atoms with Crippen molar-refractivity contribution in [2.75, 3.05) is 47.4 Å². The second-order valence-electron chi connectivity index (χ2n) is 7.98. The van der Waals surface area contributed by atoms with E-state index in [1.807, 2.05) is 31.3 Å². The molecule has 2 atom stereocenters. The van der Waals surface area contributed by atoms with Gasteiger partial charge in [-0.05, 0) is 43.6 Å². The molecular formula is C25H37IN4O2. The summed E-state index contributed by atoms with van der Waals surface area (Å²) in [5.74, 6) is 2.96. The van der Waals surface area contributed by atoms with Crippen molar-refractivity contribution in [3.8, 4) is 11.5 Å². The average molecular weight is 553 g/mol. The molecular weight excluding hydrogens is 515 g/mol. The maximum absolute atomic E-state index is 5.66. The Labute approximate surface area is 209 Å². The molecule has 0 bridgehead atoms. The highest BCUT2D eigenvalue weighted by Crippen LogP contribution is 2.31. The molecule has 1 saturated heterocycles. The number of halogens is 1. The SMILES string of the molecule is CN=C(NCC(C)c1ccccc1OC)NCC(c1ccccc1OC)N1CCCC1.I. The Bertz CT molecular complexity index is 855. The molecule has 176 valence electrons. The minimum Gasteiger partial charge on any atom is -0.496 e. The minimum atomic E-state index is 0. The van der Waals surface area contributed by atoms with Crippen LogP contribution in [0.2, 0.25) is 0 Å². The highest BCUT2D eigenvalue weighted by molar-refractivity contribution is 14.0. The number of para-hydroxylation sites is 2. The quantitative estimate of drug-likeness (QED) is 0.274. The van der Waals surface area contributed by atoms with Gasteiger partial charge in [0, 0.05) is 31.6 Å². The van der Waals surface area contributed by atoms with Crippen LogP contribution in [0.15, 0.2) is 53.5 Å². The first kappa shape index (κ1) is 26.3. The third-order valence-electron chi connectivity index (χ3n) is 6.01. The minimum absolute atomic E-state index is 0. The number of aliphatic imine (C=N–C) groups is 1. The fourth-order valence-corrected chi connectivity index (χ4v) is 4.28. The van der Waals surface area contributed by atoms with Crippen LogP contribution in [0.1, 0.15) is 42.9 Å². The standard InChI is InChI=1S/C25H36N4O2.HI/c1-19(20-11-5-7-13-23(20)30-3)17-27-25(26-2)28-18-22(29-15-9-10-16-29)21-12-6-8-14-24(21)31-4;/h5-8,11-14,19,22H,9-10,15-18H2,1-4H3,(H2,26,27,28);1H. The Hall–Kier alpha value is -2.00. The fourth-order valence-electron chi connectivity index (χ4n) is 4.28. The molecule has 1 heterocycles. The summed E-state index contributed by atoms with van der Waals surface area (Å²) in [6.07, 6.45) is 2.49. The Balaban J connectivity index is 0.00000363. The van der Waals surface area contributed by atoms with Gasteiger partial charge in [-0.3, -0.25) is 9.89 Å². The van der Waals surface area contributed by atoms with E-state index >= 15 is 0 Å². The van der Waals surface area contributed by atoms with Crippen LogP contribution >= 0.6 is 24.0 Å². The second-order valence-corrected chi connectivity index (χ2v) is 7.98. The Morgan fingerprint density at radius 1 is 0.906 bits per heavy atom. The molecule has 0 spiro atoms. The summed E-state index contributed by atoms with van der Waals surface area (Å²) >= 11 is 0. The van der Waals surface area contributed by atoms with Crippen molar-refractivity contribution in [2.45, 2.75) is 31.7 Å². The molecule has 2 aromatic carbocycles. The normalized spacial score (nSPS) is 16.1. The predicted octanol–water partition coefficient (Wildman–Crippen LogP) is 4.43. The van der Waals surface area contributed by atoms with Gasteiger partial charge < -0.3 is 20.1 Å². The van der Waals surface area contributed by atoms with Crippen LogP contribution < -0.4 is 20.1 Å². The van der Waals surface area contributed by atoms with E-state index in [-0.39, 0.29) is 30.0 Å². The fraction of sp³-hybridized carbons (Fsp3) is 0.480. The van der Waals surface area contributed by atoms with Gasteiger partial charge in [-0.15, -0.1) is 24.0 Å². The van der Waals surface area contributed by atoms with E-state index in [1.165, 1.54) is 24.0 Å². The molecule has 2 unspecified atom stereocenters. The van der Waals surface area contributed by atoms with Crippen LogP contribution in [0.3, 0.4) is 0 Å².